The second-order valence-corrected chi connectivity index (χ2v) is 4.02. The van der Waals surface area contributed by atoms with E-state index in [9.17, 15) is 4.79 Å². The molecule has 0 aromatic carbocycles. The molecule has 0 aliphatic rings. The van der Waals surface area contributed by atoms with Gasteiger partial charge < -0.3 is 11.1 Å². The quantitative estimate of drug-likeness (QED) is 0.777. The first-order valence-corrected chi connectivity index (χ1v) is 5.72. The van der Waals surface area contributed by atoms with Gasteiger partial charge in [-0.3, -0.25) is 4.79 Å². The van der Waals surface area contributed by atoms with E-state index < -0.39 is 0 Å². The minimum Gasteiger partial charge on any atom is -0.351 e. The highest BCUT2D eigenvalue weighted by molar-refractivity contribution is 7.07. The Kier molecular flexibility index (Phi) is 4.62. The molecule has 1 aromatic heterocycles. The molecule has 0 bridgehead atoms. The standard InChI is InChI=1S/C10H16N2OS/c1-2-3-9(11)10(13)12-6-8-4-5-14-7-8/h4-5,7,9H,2-3,6,11H2,1H3,(H,12,13)/t9-/m0/s1. The zero-order valence-electron chi connectivity index (χ0n) is 8.32. The number of carbonyl (C=O) groups excluding carboxylic acids is 1. The van der Waals surface area contributed by atoms with Gasteiger partial charge in [0.25, 0.3) is 0 Å². The Balaban J connectivity index is 2.27. The van der Waals surface area contributed by atoms with Crippen LogP contribution in [0.2, 0.25) is 0 Å². The fourth-order valence-electron chi connectivity index (χ4n) is 1.16. The second-order valence-electron chi connectivity index (χ2n) is 3.24. The Bertz CT molecular complexity index is 272. The summed E-state index contributed by atoms with van der Waals surface area (Å²) in [7, 11) is 0. The molecular formula is C10H16N2OS. The number of hydrogen-bond donors (Lipinski definition) is 2. The van der Waals surface area contributed by atoms with Crippen LogP contribution in [-0.4, -0.2) is 11.9 Å². The number of amides is 1. The van der Waals surface area contributed by atoms with E-state index in [4.69, 9.17) is 5.73 Å². The Morgan fingerprint density at radius 3 is 3.07 bits per heavy atom. The van der Waals surface area contributed by atoms with Crippen LogP contribution in [0.15, 0.2) is 16.8 Å². The maximum absolute atomic E-state index is 11.4. The normalized spacial score (nSPS) is 12.4. The van der Waals surface area contributed by atoms with Crippen molar-refractivity contribution in [2.75, 3.05) is 0 Å². The summed E-state index contributed by atoms with van der Waals surface area (Å²) >= 11 is 1.63. The summed E-state index contributed by atoms with van der Waals surface area (Å²) in [6.07, 6.45) is 1.68. The van der Waals surface area contributed by atoms with Crippen LogP contribution in [0.3, 0.4) is 0 Å². The minimum atomic E-state index is -0.362. The largest absolute Gasteiger partial charge is 0.351 e. The van der Waals surface area contributed by atoms with Crippen molar-refractivity contribution in [3.05, 3.63) is 22.4 Å². The van der Waals surface area contributed by atoms with Crippen LogP contribution in [0, 0.1) is 0 Å². The van der Waals surface area contributed by atoms with Crippen molar-refractivity contribution in [2.24, 2.45) is 5.73 Å². The molecule has 1 aromatic rings. The molecule has 1 heterocycles. The fraction of sp³-hybridized carbons (Fsp3) is 0.500. The number of nitrogens with one attached hydrogen (secondary N) is 1. The van der Waals surface area contributed by atoms with Gasteiger partial charge in [-0.1, -0.05) is 13.3 Å². The highest BCUT2D eigenvalue weighted by atomic mass is 32.1. The zero-order valence-corrected chi connectivity index (χ0v) is 9.14. The van der Waals surface area contributed by atoms with E-state index in [0.29, 0.717) is 6.54 Å². The molecule has 1 rings (SSSR count). The zero-order chi connectivity index (χ0) is 10.4. The predicted molar refractivity (Wildman–Crippen MR) is 59.0 cm³/mol. The molecule has 14 heavy (non-hydrogen) atoms. The van der Waals surface area contributed by atoms with Crippen molar-refractivity contribution in [2.45, 2.75) is 32.4 Å². The van der Waals surface area contributed by atoms with Gasteiger partial charge >= 0.3 is 0 Å². The van der Waals surface area contributed by atoms with Crippen LogP contribution >= 0.6 is 11.3 Å². The monoisotopic (exact) mass is 212 g/mol. The first kappa shape index (κ1) is 11.2. The number of nitrogens with two attached hydrogens (primary N) is 1. The molecular weight excluding hydrogens is 196 g/mol. The number of rotatable bonds is 5. The maximum atomic E-state index is 11.4. The first-order chi connectivity index (χ1) is 6.74. The summed E-state index contributed by atoms with van der Waals surface area (Å²) in [5.41, 5.74) is 6.79. The highest BCUT2D eigenvalue weighted by Crippen LogP contribution is 2.05. The van der Waals surface area contributed by atoms with Crippen molar-refractivity contribution >= 4 is 17.2 Å². The van der Waals surface area contributed by atoms with Crippen LogP contribution in [0.25, 0.3) is 0 Å². The minimum absolute atomic E-state index is 0.0574. The van der Waals surface area contributed by atoms with Crippen molar-refractivity contribution in [3.63, 3.8) is 0 Å². The van der Waals surface area contributed by atoms with Crippen LogP contribution in [0.4, 0.5) is 0 Å². The van der Waals surface area contributed by atoms with Gasteiger partial charge in [0.15, 0.2) is 0 Å². The fourth-order valence-corrected chi connectivity index (χ4v) is 1.82. The van der Waals surface area contributed by atoms with Crippen LogP contribution in [-0.2, 0) is 11.3 Å². The molecule has 0 aliphatic heterocycles. The van der Waals surface area contributed by atoms with Gasteiger partial charge in [-0.15, -0.1) is 0 Å². The molecule has 3 N–H and O–H groups in total. The third-order valence-corrected chi connectivity index (χ3v) is 2.72. The molecule has 0 fully saturated rings. The average Bonchev–Trinajstić information content (AvgIpc) is 2.67. The molecule has 4 heteroatoms. The van der Waals surface area contributed by atoms with Crippen LogP contribution in [0.1, 0.15) is 25.3 Å². The molecule has 3 nitrogen and oxygen atoms in total. The third kappa shape index (κ3) is 3.47. The lowest BCUT2D eigenvalue weighted by Gasteiger charge is -2.10. The van der Waals surface area contributed by atoms with Crippen molar-refractivity contribution in [3.8, 4) is 0 Å². The lowest BCUT2D eigenvalue weighted by Crippen LogP contribution is -2.39. The van der Waals surface area contributed by atoms with Gasteiger partial charge in [0.1, 0.15) is 0 Å². The molecule has 1 amide bonds. The Morgan fingerprint density at radius 1 is 1.71 bits per heavy atom. The van der Waals surface area contributed by atoms with Gasteiger partial charge in [-0.2, -0.15) is 11.3 Å². The average molecular weight is 212 g/mol. The molecule has 0 saturated heterocycles. The van der Waals surface area contributed by atoms with E-state index in [2.05, 4.69) is 5.32 Å². The second kappa shape index (κ2) is 5.78. The number of thiophene rings is 1. The summed E-state index contributed by atoms with van der Waals surface area (Å²) in [6.45, 7) is 2.60. The van der Waals surface area contributed by atoms with E-state index in [0.717, 1.165) is 18.4 Å². The summed E-state index contributed by atoms with van der Waals surface area (Å²) in [5.74, 6) is -0.0574. The van der Waals surface area contributed by atoms with Crippen molar-refractivity contribution in [1.29, 1.82) is 0 Å². The summed E-state index contributed by atoms with van der Waals surface area (Å²) in [6, 6.07) is 1.63. The van der Waals surface area contributed by atoms with Gasteiger partial charge in [0.2, 0.25) is 5.91 Å². The summed E-state index contributed by atoms with van der Waals surface area (Å²) < 4.78 is 0. The van der Waals surface area contributed by atoms with Crippen LogP contribution in [0.5, 0.6) is 0 Å². The van der Waals surface area contributed by atoms with Crippen molar-refractivity contribution < 1.29 is 4.79 Å². The van der Waals surface area contributed by atoms with E-state index in [1.54, 1.807) is 11.3 Å². The Hall–Kier alpha value is -0.870. The summed E-state index contributed by atoms with van der Waals surface area (Å²) in [5, 5.41) is 6.83. The van der Waals surface area contributed by atoms with E-state index in [1.807, 2.05) is 23.8 Å². The molecule has 0 saturated carbocycles. The SMILES string of the molecule is CCC[C@H](N)C(=O)NCc1ccsc1. The smallest absolute Gasteiger partial charge is 0.237 e. The van der Waals surface area contributed by atoms with Gasteiger partial charge in [-0.05, 0) is 28.8 Å². The molecule has 0 unspecified atom stereocenters. The molecule has 78 valence electrons. The topological polar surface area (TPSA) is 55.1 Å². The number of hydrogen-bond acceptors (Lipinski definition) is 3. The highest BCUT2D eigenvalue weighted by Gasteiger charge is 2.10. The number of carbonyl (C=O) groups is 1. The van der Waals surface area contributed by atoms with E-state index >= 15 is 0 Å². The molecule has 1 atom stereocenters. The molecule has 0 aliphatic carbocycles. The van der Waals surface area contributed by atoms with Crippen LogP contribution < -0.4 is 11.1 Å². The lowest BCUT2D eigenvalue weighted by molar-refractivity contribution is -0.122. The Morgan fingerprint density at radius 2 is 2.50 bits per heavy atom. The Labute approximate surface area is 88.3 Å². The van der Waals surface area contributed by atoms with Gasteiger partial charge in [0, 0.05) is 6.54 Å². The lowest BCUT2D eigenvalue weighted by atomic mass is 10.1. The van der Waals surface area contributed by atoms with Gasteiger partial charge in [-0.25, -0.2) is 0 Å². The summed E-state index contributed by atoms with van der Waals surface area (Å²) in [4.78, 5) is 11.4. The third-order valence-electron chi connectivity index (χ3n) is 1.98. The van der Waals surface area contributed by atoms with Crippen molar-refractivity contribution in [1.82, 2.24) is 5.32 Å². The van der Waals surface area contributed by atoms with E-state index in [1.165, 1.54) is 0 Å². The molecule has 0 spiro atoms. The predicted octanol–water partition coefficient (Wildman–Crippen LogP) is 1.49. The van der Waals surface area contributed by atoms with E-state index in [-0.39, 0.29) is 11.9 Å². The first-order valence-electron chi connectivity index (χ1n) is 4.78. The maximum Gasteiger partial charge on any atom is 0.237 e. The molecule has 0 radical (unpaired) electrons. The van der Waals surface area contributed by atoms with Gasteiger partial charge in [0.05, 0.1) is 6.04 Å².